The number of rotatable bonds is 8. The second-order valence-corrected chi connectivity index (χ2v) is 5.03. The zero-order valence-corrected chi connectivity index (χ0v) is 10.1. The molecule has 1 fully saturated rings. The van der Waals surface area contributed by atoms with Gasteiger partial charge in [-0.05, 0) is 25.0 Å². The lowest BCUT2D eigenvalue weighted by atomic mass is 10.2. The summed E-state index contributed by atoms with van der Waals surface area (Å²) in [4.78, 5) is 0. The van der Waals surface area contributed by atoms with Crippen molar-refractivity contribution in [3.05, 3.63) is 0 Å². The van der Waals surface area contributed by atoms with E-state index in [1.165, 1.54) is 37.2 Å². The first-order valence-electron chi connectivity index (χ1n) is 5.83. The number of nitrogens with one attached hydrogen (secondary N) is 1. The predicted octanol–water partition coefficient (Wildman–Crippen LogP) is 2.29. The van der Waals surface area contributed by atoms with Gasteiger partial charge in [0.2, 0.25) is 0 Å². The molecule has 0 spiro atoms. The molecule has 0 radical (unpaired) electrons. The lowest BCUT2D eigenvalue weighted by molar-refractivity contribution is 0.110. The normalized spacial score (nSPS) is 21.6. The van der Waals surface area contributed by atoms with Crippen LogP contribution in [0.15, 0.2) is 0 Å². The smallest absolute Gasteiger partial charge is 0.0700 e. The summed E-state index contributed by atoms with van der Waals surface area (Å²) in [6, 6.07) is 0. The summed E-state index contributed by atoms with van der Waals surface area (Å²) < 4.78 is 5.53. The fourth-order valence-corrected chi connectivity index (χ4v) is 2.55. The molecule has 1 aliphatic rings. The van der Waals surface area contributed by atoms with Crippen LogP contribution in [0.2, 0.25) is 0 Å². The molecule has 14 heavy (non-hydrogen) atoms. The van der Waals surface area contributed by atoms with E-state index in [2.05, 4.69) is 24.0 Å². The van der Waals surface area contributed by atoms with Crippen LogP contribution in [0.1, 0.15) is 32.6 Å². The summed E-state index contributed by atoms with van der Waals surface area (Å²) in [5, 5.41) is 3.46. The molecule has 1 N–H and O–H groups in total. The van der Waals surface area contributed by atoms with Crippen molar-refractivity contribution in [2.45, 2.75) is 38.7 Å². The highest BCUT2D eigenvalue weighted by Gasteiger charge is 2.13. The second kappa shape index (κ2) is 8.57. The topological polar surface area (TPSA) is 21.3 Å². The molecule has 1 atom stereocenters. The van der Waals surface area contributed by atoms with Crippen LogP contribution in [0.5, 0.6) is 0 Å². The molecule has 1 saturated heterocycles. The number of hydrogen-bond donors (Lipinski definition) is 1. The fourth-order valence-electron chi connectivity index (χ4n) is 1.56. The van der Waals surface area contributed by atoms with Crippen LogP contribution in [0.25, 0.3) is 0 Å². The quantitative estimate of drug-likeness (QED) is 0.630. The monoisotopic (exact) mass is 217 g/mol. The van der Waals surface area contributed by atoms with E-state index in [-0.39, 0.29) is 0 Å². The first kappa shape index (κ1) is 12.3. The molecule has 84 valence electrons. The minimum Gasteiger partial charge on any atom is -0.377 e. The molecule has 0 aromatic heterocycles. The number of unbranched alkanes of at least 4 members (excludes halogenated alkanes) is 1. The number of thioether (sulfide) groups is 1. The van der Waals surface area contributed by atoms with Gasteiger partial charge in [0.15, 0.2) is 0 Å². The van der Waals surface area contributed by atoms with Gasteiger partial charge >= 0.3 is 0 Å². The minimum absolute atomic E-state index is 0.496. The van der Waals surface area contributed by atoms with Crippen LogP contribution in [0, 0.1) is 0 Å². The summed E-state index contributed by atoms with van der Waals surface area (Å²) in [5.74, 6) is 2.56. The molecule has 0 saturated carbocycles. The largest absolute Gasteiger partial charge is 0.377 e. The Balaban J connectivity index is 1.75. The van der Waals surface area contributed by atoms with E-state index in [0.29, 0.717) is 6.10 Å². The van der Waals surface area contributed by atoms with E-state index in [9.17, 15) is 0 Å². The van der Waals surface area contributed by atoms with Crippen molar-refractivity contribution in [2.75, 3.05) is 31.2 Å². The molecular formula is C11H23NOS. The standard InChI is InChI=1S/C11H23NOS/c1-2-3-8-14-9-6-12-10-11-5-4-7-13-11/h11-12H,2-10H2,1H3. The highest BCUT2D eigenvalue weighted by molar-refractivity contribution is 7.99. The highest BCUT2D eigenvalue weighted by atomic mass is 32.2. The Bertz CT molecular complexity index is 126. The average Bonchev–Trinajstić information content (AvgIpc) is 2.69. The van der Waals surface area contributed by atoms with Crippen molar-refractivity contribution in [1.29, 1.82) is 0 Å². The molecule has 1 heterocycles. The van der Waals surface area contributed by atoms with E-state index in [0.717, 1.165) is 19.7 Å². The molecule has 0 aromatic carbocycles. The molecule has 0 amide bonds. The highest BCUT2D eigenvalue weighted by Crippen LogP contribution is 2.10. The Morgan fingerprint density at radius 2 is 2.36 bits per heavy atom. The van der Waals surface area contributed by atoms with Crippen molar-refractivity contribution >= 4 is 11.8 Å². The summed E-state index contributed by atoms with van der Waals surface area (Å²) in [6.45, 7) is 5.40. The summed E-state index contributed by atoms with van der Waals surface area (Å²) in [7, 11) is 0. The molecule has 1 aliphatic heterocycles. The SMILES string of the molecule is CCCCSCCNCC1CCCO1. The van der Waals surface area contributed by atoms with Crippen molar-refractivity contribution in [3.63, 3.8) is 0 Å². The zero-order chi connectivity index (χ0) is 10.1. The third-order valence-corrected chi connectivity index (χ3v) is 3.53. The molecule has 1 rings (SSSR count). The van der Waals surface area contributed by atoms with Crippen LogP contribution in [-0.4, -0.2) is 37.3 Å². The second-order valence-electron chi connectivity index (χ2n) is 3.81. The van der Waals surface area contributed by atoms with Crippen LogP contribution < -0.4 is 5.32 Å². The molecule has 2 nitrogen and oxygen atoms in total. The van der Waals surface area contributed by atoms with E-state index in [4.69, 9.17) is 4.74 Å². The minimum atomic E-state index is 0.496. The molecule has 0 bridgehead atoms. The summed E-state index contributed by atoms with van der Waals surface area (Å²) in [5.41, 5.74) is 0. The molecule has 3 heteroatoms. The Morgan fingerprint density at radius 1 is 1.43 bits per heavy atom. The van der Waals surface area contributed by atoms with Gasteiger partial charge in [-0.1, -0.05) is 13.3 Å². The van der Waals surface area contributed by atoms with Crippen LogP contribution in [0.3, 0.4) is 0 Å². The Labute approximate surface area is 92.2 Å². The Morgan fingerprint density at radius 3 is 3.07 bits per heavy atom. The van der Waals surface area contributed by atoms with Gasteiger partial charge in [0.1, 0.15) is 0 Å². The fraction of sp³-hybridized carbons (Fsp3) is 1.00. The van der Waals surface area contributed by atoms with Gasteiger partial charge < -0.3 is 10.1 Å². The average molecular weight is 217 g/mol. The van der Waals surface area contributed by atoms with Gasteiger partial charge in [0.05, 0.1) is 6.10 Å². The molecule has 0 aromatic rings. The van der Waals surface area contributed by atoms with Crippen LogP contribution in [0.4, 0.5) is 0 Å². The maximum absolute atomic E-state index is 5.53. The Kier molecular flexibility index (Phi) is 7.55. The van der Waals surface area contributed by atoms with Gasteiger partial charge in [-0.3, -0.25) is 0 Å². The van der Waals surface area contributed by atoms with Gasteiger partial charge in [-0.15, -0.1) is 0 Å². The first-order valence-corrected chi connectivity index (χ1v) is 6.99. The first-order chi connectivity index (χ1) is 6.93. The van der Waals surface area contributed by atoms with Crippen molar-refractivity contribution in [3.8, 4) is 0 Å². The third kappa shape index (κ3) is 5.89. The van der Waals surface area contributed by atoms with E-state index in [1.807, 2.05) is 0 Å². The lowest BCUT2D eigenvalue weighted by Crippen LogP contribution is -2.28. The van der Waals surface area contributed by atoms with Gasteiger partial charge in [-0.25, -0.2) is 0 Å². The lowest BCUT2D eigenvalue weighted by Gasteiger charge is -2.10. The van der Waals surface area contributed by atoms with E-state index >= 15 is 0 Å². The van der Waals surface area contributed by atoms with Crippen molar-refractivity contribution in [1.82, 2.24) is 5.32 Å². The predicted molar refractivity (Wildman–Crippen MR) is 64.1 cm³/mol. The number of hydrogen-bond acceptors (Lipinski definition) is 3. The van der Waals surface area contributed by atoms with Gasteiger partial charge in [0, 0.05) is 25.4 Å². The Hall–Kier alpha value is 0.270. The van der Waals surface area contributed by atoms with Crippen molar-refractivity contribution in [2.24, 2.45) is 0 Å². The van der Waals surface area contributed by atoms with Crippen molar-refractivity contribution < 1.29 is 4.74 Å². The van der Waals surface area contributed by atoms with Gasteiger partial charge in [0.25, 0.3) is 0 Å². The van der Waals surface area contributed by atoms with E-state index < -0.39 is 0 Å². The third-order valence-electron chi connectivity index (χ3n) is 2.46. The molecule has 0 aliphatic carbocycles. The van der Waals surface area contributed by atoms with Gasteiger partial charge in [-0.2, -0.15) is 11.8 Å². The van der Waals surface area contributed by atoms with E-state index in [1.54, 1.807) is 0 Å². The number of ether oxygens (including phenoxy) is 1. The maximum atomic E-state index is 5.53. The van der Waals surface area contributed by atoms with Crippen LogP contribution in [-0.2, 0) is 4.74 Å². The molecule has 1 unspecified atom stereocenters. The maximum Gasteiger partial charge on any atom is 0.0700 e. The zero-order valence-electron chi connectivity index (χ0n) is 9.26. The summed E-state index contributed by atoms with van der Waals surface area (Å²) >= 11 is 2.06. The molecular weight excluding hydrogens is 194 g/mol. The summed E-state index contributed by atoms with van der Waals surface area (Å²) in [6.07, 6.45) is 5.66. The van der Waals surface area contributed by atoms with Crippen LogP contribution >= 0.6 is 11.8 Å².